The Morgan fingerprint density at radius 2 is 1.44 bits per heavy atom. The summed E-state index contributed by atoms with van der Waals surface area (Å²) in [6.45, 7) is 7.65. The van der Waals surface area contributed by atoms with Gasteiger partial charge in [0.2, 0.25) is 0 Å². The predicted octanol–water partition coefficient (Wildman–Crippen LogP) is 5.32. The summed E-state index contributed by atoms with van der Waals surface area (Å²) in [5.74, 6) is 0. The number of hydrogen-bond acceptors (Lipinski definition) is 2. The van der Waals surface area contributed by atoms with E-state index < -0.39 is 6.10 Å². The molecule has 1 heterocycles. The summed E-state index contributed by atoms with van der Waals surface area (Å²) < 4.78 is 0. The molecule has 1 aliphatic heterocycles. The molecule has 1 saturated heterocycles. The molecule has 1 N–H and O–H groups in total. The van der Waals surface area contributed by atoms with Crippen LogP contribution in [0.15, 0.2) is 54.6 Å². The number of aliphatic hydroxyl groups excluding tert-OH is 1. The largest absolute Gasteiger partial charge is 0.388 e. The first-order valence-corrected chi connectivity index (χ1v) is 9.12. The van der Waals surface area contributed by atoms with Gasteiger partial charge < -0.3 is 10.0 Å². The lowest BCUT2D eigenvalue weighted by Crippen LogP contribution is -2.40. The molecule has 1 aliphatic rings. The number of aliphatic hydroxyl groups is 1. The minimum atomic E-state index is -0.441. The maximum absolute atomic E-state index is 10.9. The number of hydrogen-bond donors (Lipinski definition) is 1. The van der Waals surface area contributed by atoms with Gasteiger partial charge in [-0.1, -0.05) is 74.9 Å². The van der Waals surface area contributed by atoms with Gasteiger partial charge >= 0.3 is 0 Å². The van der Waals surface area contributed by atoms with Crippen LogP contribution in [0.25, 0.3) is 11.1 Å². The van der Waals surface area contributed by atoms with Crippen molar-refractivity contribution in [1.82, 2.24) is 4.90 Å². The quantitative estimate of drug-likeness (QED) is 0.780. The highest BCUT2D eigenvalue weighted by Gasteiger charge is 2.31. The molecule has 1 fully saturated rings. The van der Waals surface area contributed by atoms with Crippen molar-refractivity contribution in [3.63, 3.8) is 0 Å². The highest BCUT2D eigenvalue weighted by atomic mass is 35.5. The van der Waals surface area contributed by atoms with E-state index in [1.807, 2.05) is 6.07 Å². The number of nitrogens with zero attached hydrogens (tertiary/aromatic N) is 1. The zero-order valence-corrected chi connectivity index (χ0v) is 16.1. The van der Waals surface area contributed by atoms with Gasteiger partial charge in [-0.05, 0) is 42.6 Å². The average molecular weight is 360 g/mol. The van der Waals surface area contributed by atoms with Crippen LogP contribution in [-0.4, -0.2) is 29.6 Å². The number of benzene rings is 2. The van der Waals surface area contributed by atoms with E-state index in [9.17, 15) is 5.11 Å². The smallest absolute Gasteiger partial charge is 0.0853 e. The molecule has 1 atom stereocenters. The van der Waals surface area contributed by atoms with E-state index in [1.54, 1.807) is 0 Å². The van der Waals surface area contributed by atoms with Crippen LogP contribution < -0.4 is 0 Å². The summed E-state index contributed by atoms with van der Waals surface area (Å²) in [5, 5.41) is 10.9. The van der Waals surface area contributed by atoms with E-state index in [0.717, 1.165) is 12.1 Å². The number of piperidine rings is 1. The molecular weight excluding hydrogens is 330 g/mol. The Balaban J connectivity index is 0.00000225. The minimum Gasteiger partial charge on any atom is -0.388 e. The van der Waals surface area contributed by atoms with Gasteiger partial charge in [-0.3, -0.25) is 0 Å². The van der Waals surface area contributed by atoms with Crippen LogP contribution in [0.3, 0.4) is 0 Å². The molecule has 25 heavy (non-hydrogen) atoms. The molecule has 0 bridgehead atoms. The van der Waals surface area contributed by atoms with Crippen molar-refractivity contribution in [3.8, 4) is 11.1 Å². The highest BCUT2D eigenvalue weighted by Crippen LogP contribution is 2.35. The minimum absolute atomic E-state index is 0. The first-order valence-electron chi connectivity index (χ1n) is 9.12. The van der Waals surface area contributed by atoms with E-state index in [-0.39, 0.29) is 17.8 Å². The third-order valence-corrected chi connectivity index (χ3v) is 5.15. The van der Waals surface area contributed by atoms with Crippen molar-refractivity contribution in [2.45, 2.75) is 39.2 Å². The first-order chi connectivity index (χ1) is 11.6. The van der Waals surface area contributed by atoms with E-state index in [2.05, 4.69) is 67.3 Å². The van der Waals surface area contributed by atoms with Crippen LogP contribution in [0, 0.1) is 5.41 Å². The number of likely N-dealkylation sites (tertiary alicyclic amines) is 1. The highest BCUT2D eigenvalue weighted by molar-refractivity contribution is 5.85. The fraction of sp³-hybridized carbons (Fsp3) is 0.455. The SMILES string of the molecule is CC(C)(CN1CCCCC1)C(O)c1ccc(-c2ccccc2)cc1.Cl. The van der Waals surface area contributed by atoms with E-state index in [4.69, 9.17) is 0 Å². The topological polar surface area (TPSA) is 23.5 Å². The van der Waals surface area contributed by atoms with Crippen LogP contribution in [0.4, 0.5) is 0 Å². The second-order valence-corrected chi connectivity index (χ2v) is 7.72. The van der Waals surface area contributed by atoms with Crippen molar-refractivity contribution in [2.24, 2.45) is 5.41 Å². The van der Waals surface area contributed by atoms with Crippen molar-refractivity contribution in [3.05, 3.63) is 60.2 Å². The summed E-state index contributed by atoms with van der Waals surface area (Å²) in [5.41, 5.74) is 3.27. The molecule has 0 radical (unpaired) electrons. The number of halogens is 1. The Hall–Kier alpha value is -1.35. The van der Waals surface area contributed by atoms with Gasteiger partial charge in [0, 0.05) is 12.0 Å². The molecule has 0 saturated carbocycles. The van der Waals surface area contributed by atoms with Crippen molar-refractivity contribution in [2.75, 3.05) is 19.6 Å². The maximum Gasteiger partial charge on any atom is 0.0853 e. The van der Waals surface area contributed by atoms with Gasteiger partial charge in [-0.25, -0.2) is 0 Å². The molecule has 2 aromatic carbocycles. The lowest BCUT2D eigenvalue weighted by Gasteiger charge is -2.38. The maximum atomic E-state index is 10.9. The fourth-order valence-electron chi connectivity index (χ4n) is 3.72. The zero-order chi connectivity index (χ0) is 17.0. The van der Waals surface area contributed by atoms with Gasteiger partial charge in [0.1, 0.15) is 0 Å². The summed E-state index contributed by atoms with van der Waals surface area (Å²) >= 11 is 0. The van der Waals surface area contributed by atoms with Gasteiger partial charge in [0.25, 0.3) is 0 Å². The Bertz CT molecular complexity index is 633. The molecule has 2 nitrogen and oxygen atoms in total. The van der Waals surface area contributed by atoms with E-state index >= 15 is 0 Å². The van der Waals surface area contributed by atoms with E-state index in [1.165, 1.54) is 43.5 Å². The molecule has 0 spiro atoms. The first kappa shape index (κ1) is 20.0. The van der Waals surface area contributed by atoms with Gasteiger partial charge in [0.05, 0.1) is 6.10 Å². The fourth-order valence-corrected chi connectivity index (χ4v) is 3.72. The molecule has 0 aliphatic carbocycles. The second-order valence-electron chi connectivity index (χ2n) is 7.72. The van der Waals surface area contributed by atoms with Gasteiger partial charge in [0.15, 0.2) is 0 Å². The monoisotopic (exact) mass is 359 g/mol. The molecule has 2 aromatic rings. The van der Waals surface area contributed by atoms with Gasteiger partial charge in [-0.2, -0.15) is 0 Å². The number of rotatable bonds is 5. The van der Waals surface area contributed by atoms with Crippen molar-refractivity contribution < 1.29 is 5.11 Å². The standard InChI is InChI=1S/C22H29NO.ClH/c1-22(2,17-23-15-7-4-8-16-23)21(24)20-13-11-19(12-14-20)18-9-5-3-6-10-18;/h3,5-6,9-14,21,24H,4,7-8,15-17H2,1-2H3;1H. The molecule has 0 aromatic heterocycles. The summed E-state index contributed by atoms with van der Waals surface area (Å²) in [6.07, 6.45) is 3.49. The Morgan fingerprint density at radius 3 is 2.04 bits per heavy atom. The second kappa shape index (κ2) is 8.84. The van der Waals surface area contributed by atoms with Crippen LogP contribution >= 0.6 is 12.4 Å². The lowest BCUT2D eigenvalue weighted by molar-refractivity contribution is 0.0159. The molecule has 3 rings (SSSR count). The van der Waals surface area contributed by atoms with E-state index in [0.29, 0.717) is 0 Å². The Morgan fingerprint density at radius 1 is 0.880 bits per heavy atom. The van der Waals surface area contributed by atoms with Gasteiger partial charge in [-0.15, -0.1) is 12.4 Å². The molecule has 136 valence electrons. The average Bonchev–Trinajstić information content (AvgIpc) is 2.62. The summed E-state index contributed by atoms with van der Waals surface area (Å²) in [7, 11) is 0. The molecule has 1 unspecified atom stereocenters. The Kier molecular flexibility index (Phi) is 7.06. The predicted molar refractivity (Wildman–Crippen MR) is 108 cm³/mol. The molecule has 0 amide bonds. The zero-order valence-electron chi connectivity index (χ0n) is 15.3. The van der Waals surface area contributed by atoms with Crippen LogP contribution in [0.1, 0.15) is 44.8 Å². The van der Waals surface area contributed by atoms with Crippen molar-refractivity contribution in [1.29, 1.82) is 0 Å². The Labute approximate surface area is 158 Å². The van der Waals surface area contributed by atoms with Crippen molar-refractivity contribution >= 4 is 12.4 Å². The summed E-state index contributed by atoms with van der Waals surface area (Å²) in [6, 6.07) is 18.8. The van der Waals surface area contributed by atoms with Crippen LogP contribution in [0.2, 0.25) is 0 Å². The molecular formula is C22H30ClNO. The third-order valence-electron chi connectivity index (χ3n) is 5.15. The lowest BCUT2D eigenvalue weighted by atomic mass is 9.81. The van der Waals surface area contributed by atoms with Crippen LogP contribution in [0.5, 0.6) is 0 Å². The molecule has 3 heteroatoms. The van der Waals surface area contributed by atoms with Crippen LogP contribution in [-0.2, 0) is 0 Å². The normalized spacial score (nSPS) is 16.9. The third kappa shape index (κ3) is 5.07. The summed E-state index contributed by atoms with van der Waals surface area (Å²) in [4.78, 5) is 2.51.